The number of rotatable bonds is 11. The van der Waals surface area contributed by atoms with Crippen LogP contribution in [0.4, 0.5) is 0 Å². The molecular weight excluding hydrogens is 350 g/mol. The van der Waals surface area contributed by atoms with Crippen molar-refractivity contribution in [3.8, 4) is 11.5 Å². The molecule has 5 nitrogen and oxygen atoms in total. The number of halogens is 1. The second-order valence-corrected chi connectivity index (χ2v) is 6.94. The zero-order valence-corrected chi connectivity index (χ0v) is 16.2. The summed E-state index contributed by atoms with van der Waals surface area (Å²) in [5, 5.41) is 12.9. The third-order valence-corrected chi connectivity index (χ3v) is 4.22. The molecule has 0 aliphatic heterocycles. The summed E-state index contributed by atoms with van der Waals surface area (Å²) in [6.45, 7) is 6.62. The van der Waals surface area contributed by atoms with E-state index in [9.17, 15) is 9.90 Å². The Balaban J connectivity index is 2.90. The highest BCUT2D eigenvalue weighted by atomic mass is 35.5. The van der Waals surface area contributed by atoms with Crippen molar-refractivity contribution >= 4 is 29.3 Å². The minimum Gasteiger partial charge on any atom is -0.490 e. The lowest BCUT2D eigenvalue weighted by atomic mass is 10.1. The summed E-state index contributed by atoms with van der Waals surface area (Å²) in [6.07, 6.45) is 2.52. The van der Waals surface area contributed by atoms with Gasteiger partial charge in [0.25, 0.3) is 0 Å². The third-order valence-electron chi connectivity index (χ3n) is 3.22. The van der Waals surface area contributed by atoms with E-state index in [-0.39, 0.29) is 6.10 Å². The molecule has 0 radical (unpaired) electrons. The van der Waals surface area contributed by atoms with E-state index in [0.29, 0.717) is 36.1 Å². The lowest BCUT2D eigenvalue weighted by Gasteiger charge is -2.18. The first-order valence-corrected chi connectivity index (χ1v) is 9.73. The Morgan fingerprint density at radius 3 is 2.62 bits per heavy atom. The highest BCUT2D eigenvalue weighted by Gasteiger charge is 2.18. The molecule has 1 aromatic rings. The van der Waals surface area contributed by atoms with E-state index in [0.717, 1.165) is 11.3 Å². The summed E-state index contributed by atoms with van der Waals surface area (Å²) < 4.78 is 11.3. The molecule has 1 atom stereocenters. The van der Waals surface area contributed by atoms with Crippen LogP contribution < -0.4 is 14.8 Å². The molecule has 0 amide bonds. The summed E-state index contributed by atoms with van der Waals surface area (Å²) in [5.41, 5.74) is 0.784. The van der Waals surface area contributed by atoms with Crippen LogP contribution in [-0.2, 0) is 11.3 Å². The highest BCUT2D eigenvalue weighted by molar-refractivity contribution is 7.98. The lowest BCUT2D eigenvalue weighted by Crippen LogP contribution is -2.36. The predicted octanol–water partition coefficient (Wildman–Crippen LogP) is 3.82. The van der Waals surface area contributed by atoms with E-state index in [1.54, 1.807) is 17.8 Å². The third kappa shape index (κ3) is 6.79. The van der Waals surface area contributed by atoms with Crippen LogP contribution in [0.5, 0.6) is 11.5 Å². The van der Waals surface area contributed by atoms with E-state index >= 15 is 0 Å². The van der Waals surface area contributed by atoms with Gasteiger partial charge in [-0.05, 0) is 50.8 Å². The zero-order valence-electron chi connectivity index (χ0n) is 14.6. The highest BCUT2D eigenvalue weighted by Crippen LogP contribution is 2.34. The molecule has 1 aromatic carbocycles. The molecule has 2 N–H and O–H groups in total. The van der Waals surface area contributed by atoms with Gasteiger partial charge in [-0.25, -0.2) is 0 Å². The summed E-state index contributed by atoms with van der Waals surface area (Å²) in [4.78, 5) is 11.3. The standard InChI is InChI=1S/C17H26ClNO4S/c1-5-22-15-8-12(13(18)9-16(15)23-11(2)3)10-19-14(17(20)21)6-7-24-4/h8-9,11,14,19H,5-7,10H2,1-4H3,(H,20,21). The second kappa shape index (κ2) is 10.7. The number of ether oxygens (including phenoxy) is 2. The number of aliphatic carboxylic acids is 1. The Labute approximate surface area is 153 Å². The van der Waals surface area contributed by atoms with Crippen molar-refractivity contribution in [2.45, 2.75) is 45.9 Å². The number of nitrogens with one attached hydrogen (secondary N) is 1. The molecule has 0 saturated carbocycles. The molecule has 0 aliphatic rings. The molecule has 0 fully saturated rings. The van der Waals surface area contributed by atoms with Gasteiger partial charge in [0.15, 0.2) is 11.5 Å². The topological polar surface area (TPSA) is 67.8 Å². The van der Waals surface area contributed by atoms with Crippen LogP contribution in [0.3, 0.4) is 0 Å². The van der Waals surface area contributed by atoms with Crippen molar-refractivity contribution in [3.63, 3.8) is 0 Å². The maximum atomic E-state index is 11.3. The summed E-state index contributed by atoms with van der Waals surface area (Å²) in [5.74, 6) is 1.13. The van der Waals surface area contributed by atoms with Crippen molar-refractivity contribution in [1.82, 2.24) is 5.32 Å². The number of benzene rings is 1. The predicted molar refractivity (Wildman–Crippen MR) is 99.6 cm³/mol. The molecule has 7 heteroatoms. The van der Waals surface area contributed by atoms with Gasteiger partial charge in [0.2, 0.25) is 0 Å². The van der Waals surface area contributed by atoms with Crippen LogP contribution in [0.1, 0.15) is 32.8 Å². The average Bonchev–Trinajstić information content (AvgIpc) is 2.50. The number of hydrogen-bond acceptors (Lipinski definition) is 5. The van der Waals surface area contributed by atoms with Crippen LogP contribution in [0.2, 0.25) is 5.02 Å². The lowest BCUT2D eigenvalue weighted by molar-refractivity contribution is -0.139. The van der Waals surface area contributed by atoms with Gasteiger partial charge in [0.1, 0.15) is 6.04 Å². The molecule has 0 saturated heterocycles. The van der Waals surface area contributed by atoms with Crippen LogP contribution in [0.15, 0.2) is 12.1 Å². The fourth-order valence-electron chi connectivity index (χ4n) is 2.11. The van der Waals surface area contributed by atoms with E-state index in [4.69, 9.17) is 21.1 Å². The summed E-state index contributed by atoms with van der Waals surface area (Å²) in [7, 11) is 0. The minimum atomic E-state index is -0.857. The maximum Gasteiger partial charge on any atom is 0.320 e. The number of carbonyl (C=O) groups is 1. The van der Waals surface area contributed by atoms with Crippen molar-refractivity contribution in [3.05, 3.63) is 22.7 Å². The van der Waals surface area contributed by atoms with Crippen LogP contribution >= 0.6 is 23.4 Å². The van der Waals surface area contributed by atoms with Crippen LogP contribution in [-0.4, -0.2) is 41.8 Å². The molecule has 0 bridgehead atoms. The van der Waals surface area contributed by atoms with Gasteiger partial charge >= 0.3 is 5.97 Å². The Bertz CT molecular complexity index is 540. The quantitative estimate of drug-likeness (QED) is 0.612. The van der Waals surface area contributed by atoms with Gasteiger partial charge in [-0.15, -0.1) is 0 Å². The van der Waals surface area contributed by atoms with E-state index in [1.165, 1.54) is 0 Å². The monoisotopic (exact) mass is 375 g/mol. The normalized spacial score (nSPS) is 12.2. The first kappa shape index (κ1) is 20.9. The minimum absolute atomic E-state index is 0.00665. The Morgan fingerprint density at radius 2 is 2.08 bits per heavy atom. The average molecular weight is 376 g/mol. The van der Waals surface area contributed by atoms with Crippen LogP contribution in [0.25, 0.3) is 0 Å². The number of carboxylic acids is 1. The van der Waals surface area contributed by atoms with Crippen molar-refractivity contribution in [2.75, 3.05) is 18.6 Å². The first-order chi connectivity index (χ1) is 11.4. The van der Waals surface area contributed by atoms with Crippen molar-refractivity contribution < 1.29 is 19.4 Å². The van der Waals surface area contributed by atoms with E-state index in [1.807, 2.05) is 33.1 Å². The fraction of sp³-hybridized carbons (Fsp3) is 0.588. The molecule has 0 aliphatic carbocycles. The SMILES string of the molecule is CCOc1cc(CNC(CCSC)C(=O)O)c(Cl)cc1OC(C)C. The van der Waals surface area contributed by atoms with E-state index < -0.39 is 12.0 Å². The number of hydrogen-bond donors (Lipinski definition) is 2. The largest absolute Gasteiger partial charge is 0.490 e. The van der Waals surface area contributed by atoms with Gasteiger partial charge in [0, 0.05) is 17.6 Å². The molecule has 0 heterocycles. The van der Waals surface area contributed by atoms with Gasteiger partial charge < -0.3 is 19.9 Å². The Hall–Kier alpha value is -1.11. The summed E-state index contributed by atoms with van der Waals surface area (Å²) in [6, 6.07) is 2.93. The summed E-state index contributed by atoms with van der Waals surface area (Å²) >= 11 is 7.95. The van der Waals surface area contributed by atoms with Crippen molar-refractivity contribution in [1.29, 1.82) is 0 Å². The Morgan fingerprint density at radius 1 is 1.38 bits per heavy atom. The van der Waals surface area contributed by atoms with Gasteiger partial charge in [-0.1, -0.05) is 11.6 Å². The van der Waals surface area contributed by atoms with E-state index in [2.05, 4.69) is 5.32 Å². The van der Waals surface area contributed by atoms with Crippen molar-refractivity contribution in [2.24, 2.45) is 0 Å². The molecule has 0 spiro atoms. The van der Waals surface area contributed by atoms with Gasteiger partial charge in [-0.2, -0.15) is 11.8 Å². The smallest absolute Gasteiger partial charge is 0.320 e. The first-order valence-electron chi connectivity index (χ1n) is 7.96. The van der Waals surface area contributed by atoms with Gasteiger partial charge in [-0.3, -0.25) is 4.79 Å². The molecule has 1 unspecified atom stereocenters. The molecule has 1 rings (SSSR count). The second-order valence-electron chi connectivity index (χ2n) is 5.54. The Kier molecular flexibility index (Phi) is 9.33. The molecule has 24 heavy (non-hydrogen) atoms. The van der Waals surface area contributed by atoms with Crippen LogP contribution in [0, 0.1) is 0 Å². The maximum absolute atomic E-state index is 11.3. The fourth-order valence-corrected chi connectivity index (χ4v) is 2.80. The molecular formula is C17H26ClNO4S. The van der Waals surface area contributed by atoms with Gasteiger partial charge in [0.05, 0.1) is 12.7 Å². The number of carboxylic acid groups (broad SMARTS) is 1. The number of thioether (sulfide) groups is 1. The molecule has 0 aromatic heterocycles. The molecule has 136 valence electrons. The zero-order chi connectivity index (χ0) is 18.1.